The molecule has 6 heteroatoms. The molecule has 1 aliphatic heterocycles. The van der Waals surface area contributed by atoms with Gasteiger partial charge in [0.2, 0.25) is 0 Å². The van der Waals surface area contributed by atoms with Gasteiger partial charge in [0.1, 0.15) is 5.82 Å². The molecule has 0 spiro atoms. The lowest BCUT2D eigenvalue weighted by Gasteiger charge is -2.27. The maximum Gasteiger partial charge on any atom is 0.191 e. The van der Waals surface area contributed by atoms with Crippen molar-refractivity contribution in [2.45, 2.75) is 45.7 Å². The molecule has 0 bridgehead atoms. The molecular weight excluding hydrogens is 418 g/mol. The maximum absolute atomic E-state index is 13.2. The van der Waals surface area contributed by atoms with Crippen LogP contribution in [-0.2, 0) is 6.54 Å². The van der Waals surface area contributed by atoms with Crippen molar-refractivity contribution in [1.82, 2.24) is 15.5 Å². The largest absolute Gasteiger partial charge is 0.357 e. The van der Waals surface area contributed by atoms with E-state index in [0.29, 0.717) is 12.6 Å². The number of benzene rings is 1. The van der Waals surface area contributed by atoms with Crippen molar-refractivity contribution in [3.05, 3.63) is 35.6 Å². The van der Waals surface area contributed by atoms with Crippen molar-refractivity contribution < 1.29 is 4.39 Å². The van der Waals surface area contributed by atoms with Crippen LogP contribution < -0.4 is 10.6 Å². The number of likely N-dealkylation sites (tertiary alicyclic amines) is 1. The summed E-state index contributed by atoms with van der Waals surface area (Å²) in [5.74, 6) is 0.588. The third kappa shape index (κ3) is 6.93. The molecule has 136 valence electrons. The molecule has 1 aromatic rings. The SMILES string of the molecule is CCNC(=NCc1cccc(F)c1)NCC(CC)N1CCCC1.I. The summed E-state index contributed by atoms with van der Waals surface area (Å²) in [5.41, 5.74) is 0.883. The molecule has 1 aliphatic rings. The average molecular weight is 448 g/mol. The standard InChI is InChI=1S/C18H29FN4.HI/c1-3-17(23-10-5-6-11-23)14-22-18(20-4-2)21-13-15-8-7-9-16(19)12-15;/h7-9,12,17H,3-6,10-11,13-14H2,1-2H3,(H2,20,21,22);1H. The van der Waals surface area contributed by atoms with Crippen LogP contribution >= 0.6 is 24.0 Å². The molecule has 0 aromatic heterocycles. The molecular formula is C18H30FIN4. The fraction of sp³-hybridized carbons (Fsp3) is 0.611. The Morgan fingerprint density at radius 3 is 2.62 bits per heavy atom. The maximum atomic E-state index is 13.2. The van der Waals surface area contributed by atoms with E-state index in [2.05, 4.69) is 34.4 Å². The number of halogens is 2. The number of hydrogen-bond acceptors (Lipinski definition) is 2. The van der Waals surface area contributed by atoms with E-state index in [1.807, 2.05) is 6.07 Å². The number of nitrogens with zero attached hydrogens (tertiary/aromatic N) is 2. The molecule has 0 radical (unpaired) electrons. The van der Waals surface area contributed by atoms with Gasteiger partial charge in [0.15, 0.2) is 5.96 Å². The number of guanidine groups is 1. The molecule has 1 fully saturated rings. The van der Waals surface area contributed by atoms with Crippen molar-refractivity contribution in [3.63, 3.8) is 0 Å². The molecule has 1 unspecified atom stereocenters. The predicted octanol–water partition coefficient (Wildman–Crippen LogP) is 3.37. The highest BCUT2D eigenvalue weighted by molar-refractivity contribution is 14.0. The molecule has 0 amide bonds. The highest BCUT2D eigenvalue weighted by Gasteiger charge is 2.20. The third-order valence-corrected chi connectivity index (χ3v) is 4.29. The molecule has 0 saturated carbocycles. The molecule has 4 nitrogen and oxygen atoms in total. The topological polar surface area (TPSA) is 39.7 Å². The summed E-state index contributed by atoms with van der Waals surface area (Å²) < 4.78 is 13.2. The van der Waals surface area contributed by atoms with Gasteiger partial charge in [-0.15, -0.1) is 24.0 Å². The van der Waals surface area contributed by atoms with Gasteiger partial charge in [-0.05, 0) is 57.0 Å². The number of rotatable bonds is 7. The normalized spacial score (nSPS) is 16.5. The van der Waals surface area contributed by atoms with Crippen LogP contribution in [0.4, 0.5) is 4.39 Å². The van der Waals surface area contributed by atoms with E-state index in [0.717, 1.165) is 31.0 Å². The van der Waals surface area contributed by atoms with E-state index in [1.165, 1.54) is 38.1 Å². The van der Waals surface area contributed by atoms with Gasteiger partial charge < -0.3 is 10.6 Å². The van der Waals surface area contributed by atoms with Gasteiger partial charge in [-0.3, -0.25) is 4.90 Å². The summed E-state index contributed by atoms with van der Waals surface area (Å²) in [6, 6.07) is 7.16. The Balaban J connectivity index is 0.00000288. The van der Waals surface area contributed by atoms with E-state index in [-0.39, 0.29) is 29.8 Å². The second-order valence-corrected chi connectivity index (χ2v) is 6.01. The molecule has 1 heterocycles. The van der Waals surface area contributed by atoms with Gasteiger partial charge in [-0.1, -0.05) is 19.1 Å². The second-order valence-electron chi connectivity index (χ2n) is 6.01. The van der Waals surface area contributed by atoms with Crippen molar-refractivity contribution in [2.75, 3.05) is 26.2 Å². The Morgan fingerprint density at radius 1 is 1.25 bits per heavy atom. The Kier molecular flexibility index (Phi) is 10.2. The Hall–Kier alpha value is -0.890. The Morgan fingerprint density at radius 2 is 2.00 bits per heavy atom. The van der Waals surface area contributed by atoms with E-state index in [1.54, 1.807) is 6.07 Å². The number of nitrogens with one attached hydrogen (secondary N) is 2. The van der Waals surface area contributed by atoms with Gasteiger partial charge in [-0.2, -0.15) is 0 Å². The first-order chi connectivity index (χ1) is 11.2. The Labute approximate surface area is 162 Å². The second kappa shape index (κ2) is 11.6. The number of hydrogen-bond donors (Lipinski definition) is 2. The lowest BCUT2D eigenvalue weighted by atomic mass is 10.2. The highest BCUT2D eigenvalue weighted by atomic mass is 127. The van der Waals surface area contributed by atoms with Crippen LogP contribution in [0.1, 0.15) is 38.7 Å². The minimum atomic E-state index is -0.212. The molecule has 2 rings (SSSR count). The van der Waals surface area contributed by atoms with Gasteiger partial charge in [0.05, 0.1) is 6.54 Å². The van der Waals surface area contributed by atoms with Crippen molar-refractivity contribution in [2.24, 2.45) is 4.99 Å². The summed E-state index contributed by atoms with van der Waals surface area (Å²) in [6.07, 6.45) is 3.75. The zero-order valence-electron chi connectivity index (χ0n) is 14.7. The minimum Gasteiger partial charge on any atom is -0.357 e. The molecule has 24 heavy (non-hydrogen) atoms. The van der Waals surface area contributed by atoms with Crippen LogP contribution in [0.5, 0.6) is 0 Å². The third-order valence-electron chi connectivity index (χ3n) is 4.29. The van der Waals surface area contributed by atoms with Crippen LogP contribution in [-0.4, -0.2) is 43.1 Å². The quantitative estimate of drug-likeness (QED) is 0.382. The minimum absolute atomic E-state index is 0. The zero-order chi connectivity index (χ0) is 16.5. The molecule has 2 N–H and O–H groups in total. The van der Waals surface area contributed by atoms with Crippen LogP contribution in [0.3, 0.4) is 0 Å². The van der Waals surface area contributed by atoms with Gasteiger partial charge in [-0.25, -0.2) is 9.38 Å². The summed E-state index contributed by atoms with van der Waals surface area (Å²) in [5, 5.41) is 6.70. The summed E-state index contributed by atoms with van der Waals surface area (Å²) in [6.45, 7) is 8.89. The first-order valence-electron chi connectivity index (χ1n) is 8.73. The zero-order valence-corrected chi connectivity index (χ0v) is 17.1. The Bertz CT molecular complexity index is 504. The van der Waals surface area contributed by atoms with Crippen molar-refractivity contribution >= 4 is 29.9 Å². The van der Waals surface area contributed by atoms with Crippen LogP contribution in [0.2, 0.25) is 0 Å². The fourth-order valence-corrected chi connectivity index (χ4v) is 3.00. The smallest absolute Gasteiger partial charge is 0.191 e. The van der Waals surface area contributed by atoms with Crippen molar-refractivity contribution in [1.29, 1.82) is 0 Å². The molecule has 1 atom stereocenters. The van der Waals surface area contributed by atoms with E-state index >= 15 is 0 Å². The summed E-state index contributed by atoms with van der Waals surface area (Å²) in [4.78, 5) is 7.13. The van der Waals surface area contributed by atoms with Gasteiger partial charge in [0, 0.05) is 19.1 Å². The van der Waals surface area contributed by atoms with E-state index < -0.39 is 0 Å². The molecule has 0 aliphatic carbocycles. The summed E-state index contributed by atoms with van der Waals surface area (Å²) >= 11 is 0. The van der Waals surface area contributed by atoms with Crippen LogP contribution in [0.25, 0.3) is 0 Å². The average Bonchev–Trinajstić information content (AvgIpc) is 3.07. The van der Waals surface area contributed by atoms with Crippen molar-refractivity contribution in [3.8, 4) is 0 Å². The molecule has 1 aromatic carbocycles. The lowest BCUT2D eigenvalue weighted by molar-refractivity contribution is 0.236. The van der Waals surface area contributed by atoms with Crippen LogP contribution in [0, 0.1) is 5.82 Å². The van der Waals surface area contributed by atoms with Crippen LogP contribution in [0.15, 0.2) is 29.3 Å². The van der Waals surface area contributed by atoms with E-state index in [9.17, 15) is 4.39 Å². The summed E-state index contributed by atoms with van der Waals surface area (Å²) in [7, 11) is 0. The first-order valence-corrected chi connectivity index (χ1v) is 8.73. The fourth-order valence-electron chi connectivity index (χ4n) is 3.00. The van der Waals surface area contributed by atoms with Gasteiger partial charge in [0.25, 0.3) is 0 Å². The van der Waals surface area contributed by atoms with E-state index in [4.69, 9.17) is 0 Å². The number of aliphatic imine (C=N–C) groups is 1. The monoisotopic (exact) mass is 448 g/mol. The highest BCUT2D eigenvalue weighted by Crippen LogP contribution is 2.13. The predicted molar refractivity (Wildman–Crippen MR) is 110 cm³/mol. The molecule has 1 saturated heterocycles. The van der Waals surface area contributed by atoms with Gasteiger partial charge >= 0.3 is 0 Å². The first kappa shape index (κ1) is 21.2. The lowest BCUT2D eigenvalue weighted by Crippen LogP contribution is -2.46.